The number of rotatable bonds is 20. The fourth-order valence-corrected chi connectivity index (χ4v) is 8.43. The van der Waals surface area contributed by atoms with Crippen molar-refractivity contribution in [1.29, 1.82) is 0 Å². The summed E-state index contributed by atoms with van der Waals surface area (Å²) in [5, 5.41) is 21.1. The Hall–Kier alpha value is -2.00. The number of phenols is 1. The van der Waals surface area contributed by atoms with E-state index in [-0.39, 0.29) is 11.5 Å². The molecule has 0 aromatic heterocycles. The summed E-state index contributed by atoms with van der Waals surface area (Å²) in [6.07, 6.45) is 9.49. The summed E-state index contributed by atoms with van der Waals surface area (Å²) in [4.78, 5) is 0. The molecule has 5 rings (SSSR count). The Kier molecular flexibility index (Phi) is 13.6. The highest BCUT2D eigenvalue weighted by Crippen LogP contribution is 2.62. The van der Waals surface area contributed by atoms with Crippen molar-refractivity contribution >= 4 is 0 Å². The van der Waals surface area contributed by atoms with E-state index in [0.717, 1.165) is 58.0 Å². The Bertz CT molecular complexity index is 1130. The SMILES string of the molecule is C[C@]12CC[C@@H]3c4ccc(O)cc4C[C@@H](CCCCOCCOCCOCCOCCCOCc4ccccc4)[C@H]3[C@@H]1CC[C@@H]2O. The molecule has 0 aliphatic heterocycles. The van der Waals surface area contributed by atoms with Crippen LogP contribution in [0.4, 0.5) is 0 Å². The Morgan fingerprint density at radius 3 is 2.13 bits per heavy atom. The van der Waals surface area contributed by atoms with E-state index in [2.05, 4.69) is 25.1 Å². The van der Waals surface area contributed by atoms with Gasteiger partial charge in [0.1, 0.15) is 5.75 Å². The monoisotopic (exact) mass is 624 g/mol. The van der Waals surface area contributed by atoms with Gasteiger partial charge in [-0.05, 0) is 109 Å². The van der Waals surface area contributed by atoms with Gasteiger partial charge in [-0.25, -0.2) is 0 Å². The van der Waals surface area contributed by atoms with Crippen molar-refractivity contribution in [2.45, 2.75) is 83.3 Å². The van der Waals surface area contributed by atoms with Crippen LogP contribution < -0.4 is 0 Å². The third-order valence-electron chi connectivity index (χ3n) is 10.8. The van der Waals surface area contributed by atoms with Gasteiger partial charge in [0.25, 0.3) is 0 Å². The number of hydrogen-bond acceptors (Lipinski definition) is 7. The minimum Gasteiger partial charge on any atom is -0.508 e. The van der Waals surface area contributed by atoms with Gasteiger partial charge in [0, 0.05) is 19.8 Å². The lowest BCUT2D eigenvalue weighted by Gasteiger charge is -2.53. The zero-order valence-corrected chi connectivity index (χ0v) is 27.4. The van der Waals surface area contributed by atoms with Crippen LogP contribution in [0.5, 0.6) is 5.75 Å². The normalized spacial score (nSPS) is 27.2. The Balaban J connectivity index is 0.870. The van der Waals surface area contributed by atoms with E-state index in [9.17, 15) is 10.2 Å². The number of aromatic hydroxyl groups is 1. The number of ether oxygens (including phenoxy) is 5. The van der Waals surface area contributed by atoms with Crippen molar-refractivity contribution in [3.8, 4) is 5.75 Å². The minimum absolute atomic E-state index is 0.0639. The number of unbranched alkanes of at least 4 members (excludes halogenated alkanes) is 1. The van der Waals surface area contributed by atoms with Crippen LogP contribution in [0.1, 0.15) is 80.9 Å². The molecule has 2 aromatic carbocycles. The number of benzene rings is 2. The fraction of sp³-hybridized carbons (Fsp3) is 0.684. The van der Waals surface area contributed by atoms with Crippen LogP contribution >= 0.6 is 0 Å². The van der Waals surface area contributed by atoms with Crippen molar-refractivity contribution in [1.82, 2.24) is 0 Å². The standard InChI is InChI=1S/C38H56O7/c1-38-16-15-34-33-12-11-32(39)27-31(33)26-30(37(34)35(38)13-14-36(38)40)10-5-6-17-41-20-22-43-24-25-44-23-21-42-18-7-19-45-28-29-8-3-2-4-9-29/h2-4,8-9,11-12,27,30,34-37,39-40H,5-7,10,13-26,28H2,1H3/t30-,34-,35+,36+,37-,38+/m1/s1. The number of fused-ring (bicyclic) bond motifs is 5. The molecule has 7 heteroatoms. The largest absolute Gasteiger partial charge is 0.508 e. The number of hydrogen-bond donors (Lipinski definition) is 2. The molecule has 0 heterocycles. The molecule has 2 aromatic rings. The zero-order valence-electron chi connectivity index (χ0n) is 27.4. The molecule has 2 saturated carbocycles. The molecule has 0 amide bonds. The van der Waals surface area contributed by atoms with Gasteiger partial charge in [0.2, 0.25) is 0 Å². The van der Waals surface area contributed by atoms with Crippen molar-refractivity contribution in [3.05, 3.63) is 65.2 Å². The van der Waals surface area contributed by atoms with Gasteiger partial charge >= 0.3 is 0 Å². The third kappa shape index (κ3) is 9.52. The predicted molar refractivity (Wildman–Crippen MR) is 175 cm³/mol. The first kappa shape index (κ1) is 34.3. The predicted octanol–water partition coefficient (Wildman–Crippen LogP) is 6.68. The fourth-order valence-electron chi connectivity index (χ4n) is 8.43. The van der Waals surface area contributed by atoms with Crippen LogP contribution in [-0.2, 0) is 36.7 Å². The molecule has 3 aliphatic rings. The Morgan fingerprint density at radius 2 is 1.40 bits per heavy atom. The van der Waals surface area contributed by atoms with Gasteiger partial charge in [0.05, 0.1) is 52.4 Å². The maximum absolute atomic E-state index is 10.9. The van der Waals surface area contributed by atoms with E-state index in [1.165, 1.54) is 23.1 Å². The highest BCUT2D eigenvalue weighted by Gasteiger charge is 2.56. The lowest BCUT2D eigenvalue weighted by molar-refractivity contribution is -0.0399. The molecular weight excluding hydrogens is 568 g/mol. The van der Waals surface area contributed by atoms with E-state index in [1.54, 1.807) is 0 Å². The zero-order chi connectivity index (χ0) is 31.3. The van der Waals surface area contributed by atoms with Gasteiger partial charge in [-0.3, -0.25) is 0 Å². The van der Waals surface area contributed by atoms with Crippen molar-refractivity contribution in [3.63, 3.8) is 0 Å². The van der Waals surface area contributed by atoms with Crippen LogP contribution in [0.2, 0.25) is 0 Å². The molecular formula is C38H56O7. The molecule has 2 fully saturated rings. The molecule has 45 heavy (non-hydrogen) atoms. The molecule has 0 saturated heterocycles. The average Bonchev–Trinajstić information content (AvgIpc) is 3.36. The minimum atomic E-state index is -0.159. The quantitative estimate of drug-likeness (QED) is 0.159. The molecule has 6 atom stereocenters. The van der Waals surface area contributed by atoms with Gasteiger partial charge in [-0.1, -0.05) is 49.7 Å². The molecule has 3 aliphatic carbocycles. The Labute approximate surface area is 270 Å². The van der Waals surface area contributed by atoms with Crippen LogP contribution in [0, 0.1) is 23.2 Å². The lowest BCUT2D eigenvalue weighted by atomic mass is 9.52. The van der Waals surface area contributed by atoms with Crippen molar-refractivity contribution < 1.29 is 33.9 Å². The molecule has 0 spiro atoms. The first-order chi connectivity index (χ1) is 22.1. The first-order valence-corrected chi connectivity index (χ1v) is 17.5. The van der Waals surface area contributed by atoms with Crippen LogP contribution in [0.15, 0.2) is 48.5 Å². The summed E-state index contributed by atoms with van der Waals surface area (Å²) in [5.74, 6) is 2.77. The maximum atomic E-state index is 10.9. The number of aliphatic hydroxyl groups excluding tert-OH is 1. The van der Waals surface area contributed by atoms with E-state index in [1.807, 2.05) is 30.3 Å². The summed E-state index contributed by atoms with van der Waals surface area (Å²) >= 11 is 0. The smallest absolute Gasteiger partial charge is 0.115 e. The van der Waals surface area contributed by atoms with Crippen LogP contribution in [-0.4, -0.2) is 75.8 Å². The van der Waals surface area contributed by atoms with Crippen LogP contribution in [0.3, 0.4) is 0 Å². The summed E-state index contributed by atoms with van der Waals surface area (Å²) in [5.41, 5.74) is 4.05. The molecule has 0 bridgehead atoms. The molecule has 250 valence electrons. The van der Waals surface area contributed by atoms with E-state index >= 15 is 0 Å². The second-order valence-electron chi connectivity index (χ2n) is 13.6. The molecule has 0 unspecified atom stereocenters. The maximum Gasteiger partial charge on any atom is 0.115 e. The van der Waals surface area contributed by atoms with E-state index in [4.69, 9.17) is 23.7 Å². The molecule has 7 nitrogen and oxygen atoms in total. The topological polar surface area (TPSA) is 86.6 Å². The number of phenolic OH excluding ortho intramolecular Hbond substituents is 1. The summed E-state index contributed by atoms with van der Waals surface area (Å²) in [7, 11) is 0. The average molecular weight is 625 g/mol. The van der Waals surface area contributed by atoms with Crippen LogP contribution in [0.25, 0.3) is 0 Å². The van der Waals surface area contributed by atoms with Gasteiger partial charge in [-0.2, -0.15) is 0 Å². The van der Waals surface area contributed by atoms with E-state index < -0.39 is 0 Å². The third-order valence-corrected chi connectivity index (χ3v) is 10.8. The summed E-state index contributed by atoms with van der Waals surface area (Å²) in [6, 6.07) is 16.2. The van der Waals surface area contributed by atoms with Crippen molar-refractivity contribution in [2.24, 2.45) is 23.2 Å². The second kappa shape index (κ2) is 17.8. The molecule has 2 N–H and O–H groups in total. The highest BCUT2D eigenvalue weighted by molar-refractivity contribution is 5.40. The van der Waals surface area contributed by atoms with E-state index in [0.29, 0.717) is 88.9 Å². The van der Waals surface area contributed by atoms with Gasteiger partial charge in [-0.15, -0.1) is 0 Å². The Morgan fingerprint density at radius 1 is 0.733 bits per heavy atom. The highest BCUT2D eigenvalue weighted by atomic mass is 16.6. The first-order valence-electron chi connectivity index (χ1n) is 17.5. The summed E-state index contributed by atoms with van der Waals surface area (Å²) in [6.45, 7) is 8.58. The summed E-state index contributed by atoms with van der Waals surface area (Å²) < 4.78 is 28.4. The van der Waals surface area contributed by atoms with Gasteiger partial charge < -0.3 is 33.9 Å². The lowest BCUT2D eigenvalue weighted by Crippen LogP contribution is -2.47. The molecule has 0 radical (unpaired) electrons. The second-order valence-corrected chi connectivity index (χ2v) is 13.6. The van der Waals surface area contributed by atoms with Crippen molar-refractivity contribution in [2.75, 3.05) is 59.5 Å². The number of aliphatic hydroxyl groups is 1. The van der Waals surface area contributed by atoms with Gasteiger partial charge in [0.15, 0.2) is 0 Å².